The second-order valence-corrected chi connectivity index (χ2v) is 3.67. The summed E-state index contributed by atoms with van der Waals surface area (Å²) in [6.45, 7) is 8.43. The van der Waals surface area contributed by atoms with Gasteiger partial charge in [-0.3, -0.25) is 4.79 Å². The molecule has 1 rings (SSSR count). The molecule has 0 spiro atoms. The first-order chi connectivity index (χ1) is 5.08. The number of piperidine rings is 1. The van der Waals surface area contributed by atoms with Crippen LogP contribution in [0, 0.1) is 5.41 Å². The van der Waals surface area contributed by atoms with Crippen molar-refractivity contribution in [1.82, 2.24) is 4.90 Å². The van der Waals surface area contributed by atoms with E-state index in [0.29, 0.717) is 0 Å². The molecule has 0 atom stereocenters. The van der Waals surface area contributed by atoms with Gasteiger partial charge in [0.1, 0.15) is 0 Å². The first kappa shape index (κ1) is 8.31. The summed E-state index contributed by atoms with van der Waals surface area (Å²) in [4.78, 5) is 13.2. The molecule has 62 valence electrons. The first-order valence-corrected chi connectivity index (χ1v) is 4.01. The number of carbonyl (C=O) groups excluding carboxylic acids is 1. The molecule has 0 radical (unpaired) electrons. The molecule has 0 aliphatic carbocycles. The highest BCUT2D eigenvalue weighted by atomic mass is 16.2. The van der Waals surface area contributed by atoms with Crippen LogP contribution in [0.2, 0.25) is 0 Å². The Hall–Kier alpha value is -0.790. The molecule has 0 unspecified atom stereocenters. The molecule has 1 aliphatic rings. The third-order valence-electron chi connectivity index (χ3n) is 2.26. The summed E-state index contributed by atoms with van der Waals surface area (Å²) >= 11 is 0. The van der Waals surface area contributed by atoms with Crippen molar-refractivity contribution in [2.24, 2.45) is 5.41 Å². The number of amides is 1. The third-order valence-corrected chi connectivity index (χ3v) is 2.26. The van der Waals surface area contributed by atoms with Crippen molar-refractivity contribution >= 4 is 5.91 Å². The zero-order valence-electron chi connectivity index (χ0n) is 7.26. The van der Waals surface area contributed by atoms with Gasteiger partial charge in [-0.2, -0.15) is 0 Å². The predicted octanol–water partition coefficient (Wildman–Crippen LogP) is 1.78. The quantitative estimate of drug-likeness (QED) is 0.562. The predicted molar refractivity (Wildman–Crippen MR) is 44.9 cm³/mol. The van der Waals surface area contributed by atoms with E-state index in [9.17, 15) is 4.79 Å². The lowest BCUT2D eigenvalue weighted by molar-refractivity contribution is -0.140. The van der Waals surface area contributed by atoms with Crippen LogP contribution in [0.5, 0.6) is 0 Å². The van der Waals surface area contributed by atoms with E-state index in [4.69, 9.17) is 0 Å². The van der Waals surface area contributed by atoms with Crippen LogP contribution in [-0.4, -0.2) is 17.4 Å². The molecule has 1 heterocycles. The van der Waals surface area contributed by atoms with Gasteiger partial charge in [-0.05, 0) is 19.0 Å². The van der Waals surface area contributed by atoms with Crippen molar-refractivity contribution < 1.29 is 4.79 Å². The van der Waals surface area contributed by atoms with Gasteiger partial charge in [0.2, 0.25) is 5.91 Å². The van der Waals surface area contributed by atoms with Gasteiger partial charge >= 0.3 is 0 Å². The molecule has 0 aromatic heterocycles. The number of carbonyl (C=O) groups is 1. The minimum atomic E-state index is -0.174. The minimum Gasteiger partial charge on any atom is -0.319 e. The van der Waals surface area contributed by atoms with E-state index in [1.54, 1.807) is 11.1 Å². The fraction of sp³-hybridized carbons (Fsp3) is 0.667. The van der Waals surface area contributed by atoms with Gasteiger partial charge in [-0.25, -0.2) is 0 Å². The maximum atomic E-state index is 11.5. The number of rotatable bonds is 1. The maximum absolute atomic E-state index is 11.5. The van der Waals surface area contributed by atoms with Gasteiger partial charge in [-0.15, -0.1) is 0 Å². The average molecular weight is 153 g/mol. The monoisotopic (exact) mass is 153 g/mol. The normalized spacial score (nSPS) is 23.5. The first-order valence-electron chi connectivity index (χ1n) is 4.01. The molecule has 2 nitrogen and oxygen atoms in total. The fourth-order valence-electron chi connectivity index (χ4n) is 1.46. The molecule has 0 aromatic rings. The number of hydrogen-bond donors (Lipinski definition) is 0. The summed E-state index contributed by atoms with van der Waals surface area (Å²) in [5, 5.41) is 0. The average Bonchev–Trinajstić information content (AvgIpc) is 1.95. The van der Waals surface area contributed by atoms with Crippen molar-refractivity contribution in [2.45, 2.75) is 26.7 Å². The van der Waals surface area contributed by atoms with Crippen molar-refractivity contribution in [2.75, 3.05) is 6.54 Å². The van der Waals surface area contributed by atoms with Gasteiger partial charge in [0.05, 0.1) is 0 Å². The van der Waals surface area contributed by atoms with Crippen LogP contribution in [0.25, 0.3) is 0 Å². The van der Waals surface area contributed by atoms with Gasteiger partial charge in [-0.1, -0.05) is 20.4 Å². The van der Waals surface area contributed by atoms with Crippen molar-refractivity contribution in [1.29, 1.82) is 0 Å². The van der Waals surface area contributed by atoms with Crippen LogP contribution in [0.1, 0.15) is 26.7 Å². The molecule has 2 heteroatoms. The lowest BCUT2D eigenvalue weighted by atomic mass is 9.83. The van der Waals surface area contributed by atoms with Crippen molar-refractivity contribution in [3.63, 3.8) is 0 Å². The topological polar surface area (TPSA) is 20.3 Å². The van der Waals surface area contributed by atoms with E-state index in [1.165, 1.54) is 0 Å². The summed E-state index contributed by atoms with van der Waals surface area (Å²) < 4.78 is 0. The van der Waals surface area contributed by atoms with Crippen LogP contribution in [-0.2, 0) is 4.79 Å². The molecule has 0 bridgehead atoms. The summed E-state index contributed by atoms with van der Waals surface area (Å²) in [6.07, 6.45) is 3.71. The molecule has 1 amide bonds. The number of hydrogen-bond acceptors (Lipinski definition) is 1. The van der Waals surface area contributed by atoms with E-state index in [0.717, 1.165) is 19.4 Å². The SMILES string of the molecule is C=CN1CCCC(C)(C)C1=O. The zero-order chi connectivity index (χ0) is 8.48. The number of likely N-dealkylation sites (tertiary alicyclic amines) is 1. The molecule has 0 aromatic carbocycles. The highest BCUT2D eigenvalue weighted by Gasteiger charge is 2.34. The van der Waals surface area contributed by atoms with Gasteiger partial charge in [0.25, 0.3) is 0 Å². The van der Waals surface area contributed by atoms with E-state index in [-0.39, 0.29) is 11.3 Å². The summed E-state index contributed by atoms with van der Waals surface area (Å²) in [7, 11) is 0. The van der Waals surface area contributed by atoms with Crippen LogP contribution >= 0.6 is 0 Å². The molecule has 0 saturated carbocycles. The molecule has 1 fully saturated rings. The standard InChI is InChI=1S/C9H15NO/c1-4-10-7-5-6-9(2,3)8(10)11/h4H,1,5-7H2,2-3H3. The Morgan fingerprint density at radius 1 is 1.64 bits per heavy atom. The lowest BCUT2D eigenvalue weighted by Crippen LogP contribution is -2.42. The molecule has 1 saturated heterocycles. The third kappa shape index (κ3) is 1.44. The number of nitrogens with zero attached hydrogens (tertiary/aromatic N) is 1. The molecule has 11 heavy (non-hydrogen) atoms. The van der Waals surface area contributed by atoms with Crippen LogP contribution in [0.15, 0.2) is 12.8 Å². The van der Waals surface area contributed by atoms with E-state index >= 15 is 0 Å². The second kappa shape index (κ2) is 2.68. The lowest BCUT2D eigenvalue weighted by Gasteiger charge is -2.34. The van der Waals surface area contributed by atoms with Gasteiger partial charge < -0.3 is 4.90 Å². The minimum absolute atomic E-state index is 0.174. The Balaban J connectivity index is 2.75. The summed E-state index contributed by atoms with van der Waals surface area (Å²) in [6, 6.07) is 0. The molecule has 1 aliphatic heterocycles. The largest absolute Gasteiger partial charge is 0.319 e. The van der Waals surface area contributed by atoms with Crippen LogP contribution in [0.4, 0.5) is 0 Å². The van der Waals surface area contributed by atoms with Gasteiger partial charge in [0.15, 0.2) is 0 Å². The summed E-state index contributed by atoms with van der Waals surface area (Å²) in [5.74, 6) is 0.207. The molecular weight excluding hydrogens is 138 g/mol. The van der Waals surface area contributed by atoms with Crippen molar-refractivity contribution in [3.8, 4) is 0 Å². The highest BCUT2D eigenvalue weighted by molar-refractivity contribution is 5.83. The summed E-state index contributed by atoms with van der Waals surface area (Å²) in [5.41, 5.74) is -0.174. The zero-order valence-corrected chi connectivity index (χ0v) is 7.26. The van der Waals surface area contributed by atoms with E-state index in [2.05, 4.69) is 6.58 Å². The van der Waals surface area contributed by atoms with E-state index in [1.807, 2.05) is 13.8 Å². The van der Waals surface area contributed by atoms with Crippen LogP contribution in [0.3, 0.4) is 0 Å². The Morgan fingerprint density at radius 2 is 2.27 bits per heavy atom. The highest BCUT2D eigenvalue weighted by Crippen LogP contribution is 2.29. The Labute approximate surface area is 67.9 Å². The smallest absolute Gasteiger partial charge is 0.232 e. The Bertz CT molecular complexity index is 184. The van der Waals surface area contributed by atoms with Crippen molar-refractivity contribution in [3.05, 3.63) is 12.8 Å². The second-order valence-electron chi connectivity index (χ2n) is 3.67. The molecule has 0 N–H and O–H groups in total. The Kier molecular flexibility index (Phi) is 2.03. The maximum Gasteiger partial charge on any atom is 0.232 e. The fourth-order valence-corrected chi connectivity index (χ4v) is 1.46. The Morgan fingerprint density at radius 3 is 2.73 bits per heavy atom. The van der Waals surface area contributed by atoms with Gasteiger partial charge in [0, 0.05) is 12.0 Å². The van der Waals surface area contributed by atoms with E-state index < -0.39 is 0 Å². The molecular formula is C9H15NO. The van der Waals surface area contributed by atoms with Crippen LogP contribution < -0.4 is 0 Å².